The third kappa shape index (κ3) is 5.70. The molecule has 1 aliphatic heterocycles. The monoisotopic (exact) mass is 478 g/mol. The summed E-state index contributed by atoms with van der Waals surface area (Å²) in [4.78, 5) is 29.8. The van der Waals surface area contributed by atoms with Crippen LogP contribution in [0.25, 0.3) is 0 Å². The second-order valence-corrected chi connectivity index (χ2v) is 9.05. The molecule has 0 N–H and O–H groups in total. The Morgan fingerprint density at radius 3 is 2.49 bits per heavy atom. The summed E-state index contributed by atoms with van der Waals surface area (Å²) in [7, 11) is 5.26. The van der Waals surface area contributed by atoms with Crippen LogP contribution in [0.15, 0.2) is 60.8 Å². The Morgan fingerprint density at radius 2 is 1.86 bits per heavy atom. The number of nitrogens with zero attached hydrogens (tertiary/aromatic N) is 4. The van der Waals surface area contributed by atoms with Crippen molar-refractivity contribution in [2.24, 2.45) is 13.0 Å². The summed E-state index contributed by atoms with van der Waals surface area (Å²) in [6.07, 6.45) is 3.96. The van der Waals surface area contributed by atoms with E-state index in [0.29, 0.717) is 30.8 Å². The number of likely N-dealkylation sites (N-methyl/N-ethyl adjacent to an activating group) is 1. The minimum atomic E-state index is -0.360. The first-order valence-corrected chi connectivity index (χ1v) is 11.8. The van der Waals surface area contributed by atoms with Gasteiger partial charge in [-0.15, -0.1) is 0 Å². The topological polar surface area (TPSA) is 67.7 Å². The van der Waals surface area contributed by atoms with Crippen LogP contribution in [0.4, 0.5) is 4.39 Å². The maximum Gasteiger partial charge on any atom is 0.274 e. The zero-order valence-corrected chi connectivity index (χ0v) is 20.4. The van der Waals surface area contributed by atoms with E-state index in [2.05, 4.69) is 5.10 Å². The summed E-state index contributed by atoms with van der Waals surface area (Å²) in [5.74, 6) is 0.408. The fourth-order valence-corrected chi connectivity index (χ4v) is 4.78. The van der Waals surface area contributed by atoms with Crippen molar-refractivity contribution in [2.45, 2.75) is 25.3 Å². The number of piperidine rings is 1. The smallest absolute Gasteiger partial charge is 0.274 e. The van der Waals surface area contributed by atoms with Crippen LogP contribution in [0.3, 0.4) is 0 Å². The molecule has 0 spiro atoms. The number of ether oxygens (including phenoxy) is 1. The molecular weight excluding hydrogens is 447 g/mol. The van der Waals surface area contributed by atoms with E-state index in [1.54, 1.807) is 36.0 Å². The van der Waals surface area contributed by atoms with Crippen molar-refractivity contribution in [1.29, 1.82) is 0 Å². The number of halogens is 1. The summed E-state index contributed by atoms with van der Waals surface area (Å²) in [6.45, 7) is 1.17. The number of benzene rings is 2. The lowest BCUT2D eigenvalue weighted by molar-refractivity contribution is 0.0518. The third-order valence-corrected chi connectivity index (χ3v) is 6.79. The minimum absolute atomic E-state index is 0.0697. The molecule has 1 fully saturated rings. The number of rotatable bonds is 7. The van der Waals surface area contributed by atoms with Crippen LogP contribution < -0.4 is 4.74 Å². The first-order valence-electron chi connectivity index (χ1n) is 11.8. The van der Waals surface area contributed by atoms with Crippen molar-refractivity contribution in [2.75, 3.05) is 27.2 Å². The Labute approximate surface area is 205 Å². The molecular formula is C27H31FN4O3. The maximum absolute atomic E-state index is 13.3. The van der Waals surface area contributed by atoms with Crippen LogP contribution in [-0.2, 0) is 13.5 Å². The molecule has 2 aromatic carbocycles. The molecule has 1 aromatic heterocycles. The standard InChI is InChI=1S/C27H31FN4O3/c1-30-14-13-24(29-30)27(34)31(2)25(18-19-5-4-6-23(17-19)35-3)20-11-15-32(16-12-20)26(33)21-7-9-22(28)10-8-21/h4-10,13-14,17,20,25H,11-12,15-16,18H2,1-3H3. The van der Waals surface area contributed by atoms with Gasteiger partial charge in [0.2, 0.25) is 0 Å². The fourth-order valence-electron chi connectivity index (χ4n) is 4.78. The van der Waals surface area contributed by atoms with Gasteiger partial charge in [0.15, 0.2) is 0 Å². The molecule has 2 heterocycles. The Balaban J connectivity index is 1.51. The lowest BCUT2D eigenvalue weighted by Crippen LogP contribution is -2.48. The van der Waals surface area contributed by atoms with Crippen molar-refractivity contribution in [3.8, 4) is 5.75 Å². The van der Waals surface area contributed by atoms with Gasteiger partial charge in [0, 0.05) is 45.0 Å². The number of aryl methyl sites for hydroxylation is 1. The van der Waals surface area contributed by atoms with Gasteiger partial charge in [-0.05, 0) is 73.2 Å². The highest BCUT2D eigenvalue weighted by Gasteiger charge is 2.34. The van der Waals surface area contributed by atoms with Gasteiger partial charge in [0.25, 0.3) is 11.8 Å². The number of amides is 2. The fraction of sp³-hybridized carbons (Fsp3) is 0.370. The Bertz CT molecular complexity index is 1170. The van der Waals surface area contributed by atoms with E-state index < -0.39 is 0 Å². The lowest BCUT2D eigenvalue weighted by Gasteiger charge is -2.40. The number of hydrogen-bond acceptors (Lipinski definition) is 4. The average molecular weight is 479 g/mol. The average Bonchev–Trinajstić information content (AvgIpc) is 3.33. The first kappa shape index (κ1) is 24.4. The van der Waals surface area contributed by atoms with Crippen molar-refractivity contribution in [3.63, 3.8) is 0 Å². The molecule has 8 heteroatoms. The molecule has 1 unspecified atom stereocenters. The summed E-state index contributed by atoms with van der Waals surface area (Å²) in [5, 5.41) is 4.29. The van der Waals surface area contributed by atoms with Crippen LogP contribution in [0.5, 0.6) is 5.75 Å². The molecule has 4 rings (SSSR count). The molecule has 0 bridgehead atoms. The van der Waals surface area contributed by atoms with Crippen molar-refractivity contribution < 1.29 is 18.7 Å². The van der Waals surface area contributed by atoms with Gasteiger partial charge in [-0.3, -0.25) is 14.3 Å². The number of methoxy groups -OCH3 is 1. The molecule has 1 saturated heterocycles. The summed E-state index contributed by atoms with van der Waals surface area (Å²) >= 11 is 0. The normalized spacial score (nSPS) is 15.0. The van der Waals surface area contributed by atoms with Crippen LogP contribution in [0.2, 0.25) is 0 Å². The van der Waals surface area contributed by atoms with Gasteiger partial charge in [-0.2, -0.15) is 5.10 Å². The first-order chi connectivity index (χ1) is 16.9. The van der Waals surface area contributed by atoms with Crippen molar-refractivity contribution in [3.05, 3.63) is 83.4 Å². The number of hydrogen-bond donors (Lipinski definition) is 0. The van der Waals surface area contributed by atoms with E-state index in [1.807, 2.05) is 36.2 Å². The van der Waals surface area contributed by atoms with Gasteiger partial charge < -0.3 is 14.5 Å². The predicted molar refractivity (Wildman–Crippen MR) is 131 cm³/mol. The highest BCUT2D eigenvalue weighted by atomic mass is 19.1. The maximum atomic E-state index is 13.3. The van der Waals surface area contributed by atoms with E-state index >= 15 is 0 Å². The van der Waals surface area contributed by atoms with Gasteiger partial charge in [-0.1, -0.05) is 12.1 Å². The van der Waals surface area contributed by atoms with Gasteiger partial charge in [0.1, 0.15) is 17.3 Å². The zero-order valence-electron chi connectivity index (χ0n) is 20.4. The van der Waals surface area contributed by atoms with E-state index in [1.165, 1.54) is 24.3 Å². The summed E-state index contributed by atoms with van der Waals surface area (Å²) in [6, 6.07) is 15.2. The Morgan fingerprint density at radius 1 is 1.14 bits per heavy atom. The molecule has 35 heavy (non-hydrogen) atoms. The lowest BCUT2D eigenvalue weighted by atomic mass is 9.84. The SMILES string of the molecule is COc1cccc(CC(C2CCN(C(=O)c3ccc(F)cc3)CC2)N(C)C(=O)c2ccn(C)n2)c1. The molecule has 0 saturated carbocycles. The number of carbonyl (C=O) groups excluding carboxylic acids is 2. The molecule has 184 valence electrons. The van der Waals surface area contributed by atoms with Gasteiger partial charge >= 0.3 is 0 Å². The number of carbonyl (C=O) groups is 2. The predicted octanol–water partition coefficient (Wildman–Crippen LogP) is 3.80. The van der Waals surface area contributed by atoms with Crippen LogP contribution in [0, 0.1) is 11.7 Å². The second-order valence-electron chi connectivity index (χ2n) is 9.05. The minimum Gasteiger partial charge on any atom is -0.497 e. The quantitative estimate of drug-likeness (QED) is 0.518. The molecule has 0 aliphatic carbocycles. The number of likely N-dealkylation sites (tertiary alicyclic amines) is 1. The van der Waals surface area contributed by atoms with Crippen molar-refractivity contribution in [1.82, 2.24) is 19.6 Å². The molecule has 3 aromatic rings. The van der Waals surface area contributed by atoms with Crippen LogP contribution >= 0.6 is 0 Å². The third-order valence-electron chi connectivity index (χ3n) is 6.79. The summed E-state index contributed by atoms with van der Waals surface area (Å²) in [5.41, 5.74) is 1.98. The summed E-state index contributed by atoms with van der Waals surface area (Å²) < 4.78 is 20.3. The van der Waals surface area contributed by atoms with E-state index in [-0.39, 0.29) is 29.6 Å². The zero-order chi connectivity index (χ0) is 24.9. The van der Waals surface area contributed by atoms with E-state index in [9.17, 15) is 14.0 Å². The van der Waals surface area contributed by atoms with Gasteiger partial charge in [-0.25, -0.2) is 4.39 Å². The number of aromatic nitrogens is 2. The molecule has 1 atom stereocenters. The van der Waals surface area contributed by atoms with Gasteiger partial charge in [0.05, 0.1) is 7.11 Å². The largest absolute Gasteiger partial charge is 0.497 e. The Hall–Kier alpha value is -3.68. The highest BCUT2D eigenvalue weighted by molar-refractivity contribution is 5.94. The molecule has 7 nitrogen and oxygen atoms in total. The van der Waals surface area contributed by atoms with Crippen LogP contribution in [0.1, 0.15) is 39.3 Å². The van der Waals surface area contributed by atoms with Crippen LogP contribution in [-0.4, -0.2) is 64.7 Å². The molecule has 1 aliphatic rings. The van der Waals surface area contributed by atoms with E-state index in [4.69, 9.17) is 4.74 Å². The Kier molecular flexibility index (Phi) is 7.48. The van der Waals surface area contributed by atoms with Crippen molar-refractivity contribution >= 4 is 11.8 Å². The van der Waals surface area contributed by atoms with E-state index in [0.717, 1.165) is 24.2 Å². The second kappa shape index (κ2) is 10.7. The highest BCUT2D eigenvalue weighted by Crippen LogP contribution is 2.29. The molecule has 0 radical (unpaired) electrons. The molecule has 2 amide bonds.